The summed E-state index contributed by atoms with van der Waals surface area (Å²) in [4.78, 5) is 18.8. The molecule has 1 aromatic rings. The average molecular weight is 195 g/mol. The first-order valence-corrected chi connectivity index (χ1v) is 4.08. The number of amides is 1. The molecule has 0 saturated carbocycles. The molecule has 1 amide bonds. The Hall–Kier alpha value is -1.85. The molecular weight excluding hydrogens is 182 g/mol. The van der Waals surface area contributed by atoms with E-state index >= 15 is 0 Å². The van der Waals surface area contributed by atoms with Crippen molar-refractivity contribution < 1.29 is 4.79 Å². The summed E-state index contributed by atoms with van der Waals surface area (Å²) >= 11 is 0. The molecule has 0 spiro atoms. The van der Waals surface area contributed by atoms with E-state index in [1.54, 1.807) is 19.9 Å². The van der Waals surface area contributed by atoms with E-state index in [2.05, 4.69) is 15.3 Å². The van der Waals surface area contributed by atoms with Crippen LogP contribution in [0.25, 0.3) is 0 Å². The highest BCUT2D eigenvalue weighted by atomic mass is 16.1. The number of carbonyl (C=O) groups excluding carboxylic acids is 1. The van der Waals surface area contributed by atoms with Crippen molar-refractivity contribution in [3.63, 3.8) is 0 Å². The molecule has 76 valence electrons. The van der Waals surface area contributed by atoms with Crippen molar-refractivity contribution in [2.75, 3.05) is 11.1 Å². The van der Waals surface area contributed by atoms with Crippen LogP contribution in [0.5, 0.6) is 0 Å². The Morgan fingerprint density at radius 1 is 1.57 bits per heavy atom. The van der Waals surface area contributed by atoms with E-state index in [9.17, 15) is 4.79 Å². The second kappa shape index (κ2) is 3.49. The van der Waals surface area contributed by atoms with Gasteiger partial charge in [-0.25, -0.2) is 4.98 Å². The molecule has 0 aliphatic rings. The zero-order chi connectivity index (χ0) is 10.8. The Balaban J connectivity index is 2.83. The molecule has 0 aliphatic heterocycles. The number of carbonyl (C=O) groups is 1. The summed E-state index contributed by atoms with van der Waals surface area (Å²) in [6.45, 7) is 3.28. The van der Waals surface area contributed by atoms with E-state index in [1.807, 2.05) is 0 Å². The van der Waals surface area contributed by atoms with E-state index in [4.69, 9.17) is 11.5 Å². The molecule has 1 aromatic heterocycles. The fraction of sp³-hybridized carbons (Fsp3) is 0.375. The van der Waals surface area contributed by atoms with Crippen LogP contribution in [0.1, 0.15) is 13.8 Å². The molecule has 1 heterocycles. The quantitative estimate of drug-likeness (QED) is 0.615. The number of nitrogens with two attached hydrogens (primary N) is 2. The maximum absolute atomic E-state index is 11.0. The van der Waals surface area contributed by atoms with Gasteiger partial charge in [0.25, 0.3) is 0 Å². The third-order valence-electron chi connectivity index (χ3n) is 1.72. The Kier molecular flexibility index (Phi) is 2.55. The highest BCUT2D eigenvalue weighted by Gasteiger charge is 2.25. The number of primary amides is 1. The lowest BCUT2D eigenvalue weighted by atomic mass is 10.1. The van der Waals surface area contributed by atoms with Gasteiger partial charge in [0.2, 0.25) is 11.9 Å². The van der Waals surface area contributed by atoms with Gasteiger partial charge in [0.1, 0.15) is 11.4 Å². The van der Waals surface area contributed by atoms with Crippen LogP contribution >= 0.6 is 0 Å². The van der Waals surface area contributed by atoms with E-state index < -0.39 is 11.4 Å². The fourth-order valence-corrected chi connectivity index (χ4v) is 0.774. The second-order valence-electron chi connectivity index (χ2n) is 3.42. The standard InChI is InChI=1S/C8H13N5O/c1-8(2,6(10)14)13-7-11-4-3-5(9)12-7/h3-4H,1-2H3,(H2,10,14)(H3,9,11,12,13). The van der Waals surface area contributed by atoms with Crippen LogP contribution in [-0.4, -0.2) is 21.4 Å². The van der Waals surface area contributed by atoms with Crippen molar-refractivity contribution in [1.29, 1.82) is 0 Å². The van der Waals surface area contributed by atoms with Gasteiger partial charge < -0.3 is 16.8 Å². The Labute approximate surface area is 81.7 Å². The van der Waals surface area contributed by atoms with Gasteiger partial charge >= 0.3 is 0 Å². The van der Waals surface area contributed by atoms with Crippen LogP contribution < -0.4 is 16.8 Å². The summed E-state index contributed by atoms with van der Waals surface area (Å²) in [6, 6.07) is 1.56. The minimum atomic E-state index is -0.895. The van der Waals surface area contributed by atoms with Gasteiger partial charge in [-0.2, -0.15) is 4.98 Å². The average Bonchev–Trinajstić information content (AvgIpc) is 2.02. The Morgan fingerprint density at radius 3 is 2.71 bits per heavy atom. The molecule has 0 fully saturated rings. The number of nitrogens with one attached hydrogen (secondary N) is 1. The van der Waals surface area contributed by atoms with Crippen molar-refractivity contribution in [3.8, 4) is 0 Å². The third-order valence-corrected chi connectivity index (χ3v) is 1.72. The lowest BCUT2D eigenvalue weighted by molar-refractivity contribution is -0.121. The normalized spacial score (nSPS) is 11.0. The first-order chi connectivity index (χ1) is 6.42. The van der Waals surface area contributed by atoms with E-state index in [-0.39, 0.29) is 5.95 Å². The van der Waals surface area contributed by atoms with Crippen LogP contribution in [-0.2, 0) is 4.79 Å². The molecule has 0 unspecified atom stereocenters. The lowest BCUT2D eigenvalue weighted by Crippen LogP contribution is -2.45. The second-order valence-corrected chi connectivity index (χ2v) is 3.42. The van der Waals surface area contributed by atoms with Gasteiger partial charge in [-0.05, 0) is 19.9 Å². The topological polar surface area (TPSA) is 107 Å². The maximum atomic E-state index is 11.0. The molecule has 0 aromatic carbocycles. The molecule has 5 N–H and O–H groups in total. The third kappa shape index (κ3) is 2.32. The SMILES string of the molecule is CC(C)(Nc1nccc(N)n1)C(N)=O. The summed E-state index contributed by atoms with van der Waals surface area (Å²) < 4.78 is 0. The number of nitrogen functional groups attached to an aromatic ring is 1. The molecule has 6 heteroatoms. The Morgan fingerprint density at radius 2 is 2.21 bits per heavy atom. The van der Waals surface area contributed by atoms with Crippen LogP contribution in [0.4, 0.5) is 11.8 Å². The van der Waals surface area contributed by atoms with Gasteiger partial charge in [0.05, 0.1) is 0 Å². The number of nitrogens with zero attached hydrogens (tertiary/aromatic N) is 2. The van der Waals surface area contributed by atoms with Crippen molar-refractivity contribution in [2.24, 2.45) is 5.73 Å². The summed E-state index contributed by atoms with van der Waals surface area (Å²) in [5.74, 6) is 0.139. The minimum Gasteiger partial charge on any atom is -0.384 e. The maximum Gasteiger partial charge on any atom is 0.242 e. The van der Waals surface area contributed by atoms with Gasteiger partial charge in [-0.1, -0.05) is 0 Å². The molecule has 0 atom stereocenters. The van der Waals surface area contributed by atoms with E-state index in [1.165, 1.54) is 6.20 Å². The van der Waals surface area contributed by atoms with Gasteiger partial charge in [0, 0.05) is 6.20 Å². The largest absolute Gasteiger partial charge is 0.384 e. The number of hydrogen-bond acceptors (Lipinski definition) is 5. The van der Waals surface area contributed by atoms with Gasteiger partial charge in [-0.3, -0.25) is 4.79 Å². The smallest absolute Gasteiger partial charge is 0.242 e. The van der Waals surface area contributed by atoms with Crippen molar-refractivity contribution in [1.82, 2.24) is 9.97 Å². The highest BCUT2D eigenvalue weighted by Crippen LogP contribution is 2.10. The molecule has 0 aliphatic carbocycles. The van der Waals surface area contributed by atoms with E-state index in [0.717, 1.165) is 0 Å². The van der Waals surface area contributed by atoms with Crippen LogP contribution in [0.15, 0.2) is 12.3 Å². The van der Waals surface area contributed by atoms with Gasteiger partial charge in [-0.15, -0.1) is 0 Å². The number of aromatic nitrogens is 2. The summed E-state index contributed by atoms with van der Waals surface area (Å²) in [5.41, 5.74) is 9.72. The van der Waals surface area contributed by atoms with Crippen LogP contribution in [0, 0.1) is 0 Å². The minimum absolute atomic E-state index is 0.286. The van der Waals surface area contributed by atoms with Crippen molar-refractivity contribution in [2.45, 2.75) is 19.4 Å². The predicted molar refractivity (Wildman–Crippen MR) is 53.3 cm³/mol. The van der Waals surface area contributed by atoms with E-state index in [0.29, 0.717) is 5.82 Å². The first-order valence-electron chi connectivity index (χ1n) is 4.08. The molecule has 14 heavy (non-hydrogen) atoms. The highest BCUT2D eigenvalue weighted by molar-refractivity contribution is 5.86. The molecule has 0 radical (unpaired) electrons. The number of anilines is 2. The molecule has 1 rings (SSSR count). The molecule has 0 bridgehead atoms. The van der Waals surface area contributed by atoms with Crippen LogP contribution in [0.2, 0.25) is 0 Å². The van der Waals surface area contributed by atoms with Crippen LogP contribution in [0.3, 0.4) is 0 Å². The Bertz CT molecular complexity index is 349. The fourth-order valence-electron chi connectivity index (χ4n) is 0.774. The van der Waals surface area contributed by atoms with Gasteiger partial charge in [0.15, 0.2) is 0 Å². The number of hydrogen-bond donors (Lipinski definition) is 3. The monoisotopic (exact) mass is 195 g/mol. The van der Waals surface area contributed by atoms with Crippen molar-refractivity contribution in [3.05, 3.63) is 12.3 Å². The zero-order valence-electron chi connectivity index (χ0n) is 8.11. The zero-order valence-corrected chi connectivity index (χ0v) is 8.11. The summed E-state index contributed by atoms with van der Waals surface area (Å²) in [7, 11) is 0. The lowest BCUT2D eigenvalue weighted by Gasteiger charge is -2.21. The predicted octanol–water partition coefficient (Wildman–Crippen LogP) is -0.265. The molecule has 6 nitrogen and oxygen atoms in total. The number of rotatable bonds is 3. The summed E-state index contributed by atoms with van der Waals surface area (Å²) in [6.07, 6.45) is 1.50. The summed E-state index contributed by atoms with van der Waals surface area (Å²) in [5, 5.41) is 2.78. The molecular formula is C8H13N5O. The van der Waals surface area contributed by atoms with Crippen molar-refractivity contribution >= 4 is 17.7 Å². The molecule has 0 saturated heterocycles. The first kappa shape index (κ1) is 10.2.